The molecule has 0 spiro atoms. The molecule has 1 aromatic carbocycles. The normalized spacial score (nSPS) is 20.9. The lowest BCUT2D eigenvalue weighted by Gasteiger charge is -2.16. The highest BCUT2D eigenvalue weighted by molar-refractivity contribution is 6.56. The zero-order valence-corrected chi connectivity index (χ0v) is 12.0. The van der Waals surface area contributed by atoms with E-state index in [1.54, 1.807) is 5.19 Å². The Morgan fingerprint density at radius 3 is 2.88 bits per heavy atom. The van der Waals surface area contributed by atoms with Gasteiger partial charge in [-0.05, 0) is 49.8 Å². The van der Waals surface area contributed by atoms with Crippen LogP contribution < -0.4 is 5.19 Å². The van der Waals surface area contributed by atoms with Crippen LogP contribution >= 0.6 is 0 Å². The minimum Gasteiger partial charge on any atom is -0.0886 e. The fourth-order valence-electron chi connectivity index (χ4n) is 2.39. The van der Waals surface area contributed by atoms with Gasteiger partial charge in [0.15, 0.2) is 0 Å². The van der Waals surface area contributed by atoms with Crippen LogP contribution in [0.4, 0.5) is 0 Å². The molecular weight excluding hydrogens is 220 g/mol. The Bertz CT molecular complexity index is 393. The summed E-state index contributed by atoms with van der Waals surface area (Å²) in [6, 6.07) is 6.74. The largest absolute Gasteiger partial charge is 0.0887 e. The molecule has 1 heteroatoms. The standard InChI is InChI=1S/C16H22Si/c1-13-9-8-12-16(14(13)2)17-15-10-6-4-3-5-7-11-15/h6,8-10,12,15H,3-5,7,11H2,1-2H3. The molecule has 0 heterocycles. The monoisotopic (exact) mass is 242 g/mol. The second-order valence-corrected chi connectivity index (χ2v) is 6.63. The first-order chi connectivity index (χ1) is 8.27. The van der Waals surface area contributed by atoms with Gasteiger partial charge in [-0.15, -0.1) is 0 Å². The van der Waals surface area contributed by atoms with E-state index in [1.165, 1.54) is 43.2 Å². The third-order valence-corrected chi connectivity index (χ3v) is 5.40. The maximum Gasteiger partial charge on any atom is 0.0887 e. The minimum atomic E-state index is 0.788. The molecule has 0 fully saturated rings. The maximum absolute atomic E-state index is 2.47. The summed E-state index contributed by atoms with van der Waals surface area (Å²) < 4.78 is 0. The first-order valence-electron chi connectivity index (χ1n) is 6.77. The van der Waals surface area contributed by atoms with Gasteiger partial charge in [-0.3, -0.25) is 0 Å². The van der Waals surface area contributed by atoms with Crippen molar-refractivity contribution in [2.75, 3.05) is 0 Å². The molecule has 90 valence electrons. The molecule has 0 aliphatic heterocycles. The molecule has 0 amide bonds. The molecule has 17 heavy (non-hydrogen) atoms. The van der Waals surface area contributed by atoms with Crippen molar-refractivity contribution in [1.82, 2.24) is 0 Å². The van der Waals surface area contributed by atoms with Crippen LogP contribution in [0.5, 0.6) is 0 Å². The van der Waals surface area contributed by atoms with E-state index in [9.17, 15) is 0 Å². The van der Waals surface area contributed by atoms with Gasteiger partial charge in [-0.1, -0.05) is 48.4 Å². The molecule has 0 saturated carbocycles. The predicted octanol–water partition coefficient (Wildman–Crippen LogP) is 3.94. The molecule has 0 saturated heterocycles. The number of hydrogen-bond donors (Lipinski definition) is 0. The number of rotatable bonds is 2. The first kappa shape index (κ1) is 12.6. The molecule has 2 rings (SSSR count). The van der Waals surface area contributed by atoms with Gasteiger partial charge in [-0.25, -0.2) is 0 Å². The lowest BCUT2D eigenvalue weighted by Crippen LogP contribution is -2.22. The Kier molecular flexibility index (Phi) is 4.61. The van der Waals surface area contributed by atoms with Crippen LogP contribution in [0.15, 0.2) is 30.4 Å². The van der Waals surface area contributed by atoms with E-state index in [4.69, 9.17) is 0 Å². The third kappa shape index (κ3) is 3.57. The fourth-order valence-corrected chi connectivity index (χ4v) is 3.97. The molecule has 2 radical (unpaired) electrons. The Morgan fingerprint density at radius 1 is 1.12 bits per heavy atom. The quantitative estimate of drug-likeness (QED) is 0.544. The fraction of sp³-hybridized carbons (Fsp3) is 0.500. The van der Waals surface area contributed by atoms with Crippen LogP contribution in [0.2, 0.25) is 5.54 Å². The predicted molar refractivity (Wildman–Crippen MR) is 77.3 cm³/mol. The zero-order valence-electron chi connectivity index (χ0n) is 11.0. The molecule has 1 aliphatic rings. The highest BCUT2D eigenvalue weighted by Crippen LogP contribution is 2.21. The highest BCUT2D eigenvalue weighted by Gasteiger charge is 2.11. The van der Waals surface area contributed by atoms with Crippen molar-refractivity contribution < 1.29 is 0 Å². The number of allylic oxidation sites excluding steroid dienone is 2. The van der Waals surface area contributed by atoms with Crippen molar-refractivity contribution in [2.24, 2.45) is 0 Å². The minimum absolute atomic E-state index is 0.788. The van der Waals surface area contributed by atoms with Crippen LogP contribution in [0.1, 0.15) is 43.2 Å². The number of aryl methyl sites for hydroxylation is 1. The summed E-state index contributed by atoms with van der Waals surface area (Å²) in [5.41, 5.74) is 3.72. The molecule has 0 bridgehead atoms. The molecule has 0 aromatic heterocycles. The van der Waals surface area contributed by atoms with Gasteiger partial charge < -0.3 is 0 Å². The molecule has 0 N–H and O–H groups in total. The van der Waals surface area contributed by atoms with Crippen LogP contribution in [-0.2, 0) is 0 Å². The van der Waals surface area contributed by atoms with Crippen molar-refractivity contribution in [3.05, 3.63) is 41.5 Å². The molecule has 1 aliphatic carbocycles. The second-order valence-electron chi connectivity index (χ2n) is 5.06. The smallest absolute Gasteiger partial charge is 0.0886 e. The maximum atomic E-state index is 2.47. The van der Waals surface area contributed by atoms with Gasteiger partial charge in [0.25, 0.3) is 0 Å². The zero-order chi connectivity index (χ0) is 12.1. The van der Waals surface area contributed by atoms with Crippen LogP contribution in [0, 0.1) is 13.8 Å². The molecule has 1 atom stereocenters. The summed E-state index contributed by atoms with van der Waals surface area (Å²) in [6.45, 7) is 4.49. The van der Waals surface area contributed by atoms with Crippen molar-refractivity contribution in [3.63, 3.8) is 0 Å². The Hall–Kier alpha value is -0.823. The van der Waals surface area contributed by atoms with Gasteiger partial charge in [0, 0.05) is 0 Å². The van der Waals surface area contributed by atoms with E-state index in [1.807, 2.05) is 0 Å². The molecule has 1 unspecified atom stereocenters. The second kappa shape index (κ2) is 6.20. The van der Waals surface area contributed by atoms with Crippen molar-refractivity contribution in [1.29, 1.82) is 0 Å². The molecule has 0 nitrogen and oxygen atoms in total. The van der Waals surface area contributed by atoms with Crippen molar-refractivity contribution >= 4 is 14.7 Å². The Balaban J connectivity index is 2.08. The van der Waals surface area contributed by atoms with E-state index in [2.05, 4.69) is 44.2 Å². The lowest BCUT2D eigenvalue weighted by molar-refractivity contribution is 0.636. The van der Waals surface area contributed by atoms with Gasteiger partial charge in [0.1, 0.15) is 0 Å². The Labute approximate surface area is 108 Å². The van der Waals surface area contributed by atoms with E-state index < -0.39 is 0 Å². The van der Waals surface area contributed by atoms with Gasteiger partial charge >= 0.3 is 0 Å². The van der Waals surface area contributed by atoms with Gasteiger partial charge in [0.2, 0.25) is 0 Å². The summed E-state index contributed by atoms with van der Waals surface area (Å²) in [5.74, 6) is 0. The average Bonchev–Trinajstić information content (AvgIpc) is 2.28. The average molecular weight is 242 g/mol. The van der Waals surface area contributed by atoms with Crippen LogP contribution in [0.3, 0.4) is 0 Å². The topological polar surface area (TPSA) is 0 Å². The summed E-state index contributed by atoms with van der Waals surface area (Å²) in [7, 11) is 0.955. The van der Waals surface area contributed by atoms with E-state index in [-0.39, 0.29) is 0 Å². The number of hydrogen-bond acceptors (Lipinski definition) is 0. The summed E-state index contributed by atoms with van der Waals surface area (Å²) in [5, 5.41) is 1.57. The van der Waals surface area contributed by atoms with E-state index in [0.29, 0.717) is 0 Å². The van der Waals surface area contributed by atoms with Crippen LogP contribution in [-0.4, -0.2) is 9.52 Å². The highest BCUT2D eigenvalue weighted by atomic mass is 28.2. The van der Waals surface area contributed by atoms with Crippen molar-refractivity contribution in [2.45, 2.75) is 51.5 Å². The first-order valence-corrected chi connectivity index (χ1v) is 7.84. The summed E-state index contributed by atoms with van der Waals surface area (Å²) >= 11 is 0. The van der Waals surface area contributed by atoms with Crippen LogP contribution in [0.25, 0.3) is 0 Å². The molecular formula is C16H22Si. The summed E-state index contributed by atoms with van der Waals surface area (Å²) in [6.07, 6.45) is 11.7. The molecule has 1 aromatic rings. The van der Waals surface area contributed by atoms with Gasteiger partial charge in [0.05, 0.1) is 9.52 Å². The van der Waals surface area contributed by atoms with Crippen molar-refractivity contribution in [3.8, 4) is 0 Å². The van der Waals surface area contributed by atoms with E-state index in [0.717, 1.165) is 15.1 Å². The Morgan fingerprint density at radius 2 is 2.00 bits per heavy atom. The SMILES string of the molecule is Cc1cccc([Si]C2C=CCCCCC2)c1C. The lowest BCUT2D eigenvalue weighted by atomic mass is 10.1. The third-order valence-electron chi connectivity index (χ3n) is 3.70. The summed E-state index contributed by atoms with van der Waals surface area (Å²) in [4.78, 5) is 0. The van der Waals surface area contributed by atoms with E-state index >= 15 is 0 Å². The van der Waals surface area contributed by atoms with Gasteiger partial charge in [-0.2, -0.15) is 0 Å². The number of benzene rings is 1.